The highest BCUT2D eigenvalue weighted by Crippen LogP contribution is 2.43. The molecule has 53 heavy (non-hydrogen) atoms. The molecule has 0 saturated heterocycles. The zero-order chi connectivity index (χ0) is 39.1. The van der Waals surface area contributed by atoms with Crippen LogP contribution in [0.1, 0.15) is 155 Å². The summed E-state index contributed by atoms with van der Waals surface area (Å²) in [7, 11) is 1.62. The predicted molar refractivity (Wildman–Crippen MR) is 224 cm³/mol. The van der Waals surface area contributed by atoms with Crippen LogP contribution in [0, 0.1) is 0 Å². The smallest absolute Gasteiger partial charge is 0.457 e. The van der Waals surface area contributed by atoms with Gasteiger partial charge in [-0.05, 0) is 77.0 Å². The largest absolute Gasteiger partial charge is 0.472 e. The van der Waals surface area contributed by atoms with Gasteiger partial charge in [0.1, 0.15) is 19.3 Å². The van der Waals surface area contributed by atoms with Gasteiger partial charge in [0.15, 0.2) is 0 Å². The van der Waals surface area contributed by atoms with Crippen LogP contribution in [-0.4, -0.2) is 75.6 Å². The van der Waals surface area contributed by atoms with Gasteiger partial charge in [0, 0.05) is 13.0 Å². The Morgan fingerprint density at radius 1 is 0.585 bits per heavy atom. The molecular formula is C44H81NO7P+. The number of likely N-dealkylation sites (N-methyl/N-ethyl adjacent to an activating group) is 1. The van der Waals surface area contributed by atoms with Crippen molar-refractivity contribution in [1.82, 2.24) is 0 Å². The zero-order valence-corrected chi connectivity index (χ0v) is 35.6. The Labute approximate surface area is 326 Å². The Morgan fingerprint density at radius 2 is 1.04 bits per heavy atom. The number of phosphoric acid groups is 1. The van der Waals surface area contributed by atoms with Crippen LogP contribution >= 0.6 is 7.82 Å². The first-order valence-electron chi connectivity index (χ1n) is 21.0. The average molecular weight is 767 g/mol. The van der Waals surface area contributed by atoms with E-state index in [1.165, 1.54) is 89.9 Å². The van der Waals surface area contributed by atoms with E-state index in [9.17, 15) is 14.3 Å². The van der Waals surface area contributed by atoms with Crippen molar-refractivity contribution >= 4 is 13.8 Å². The van der Waals surface area contributed by atoms with E-state index in [0.29, 0.717) is 24.1 Å². The van der Waals surface area contributed by atoms with Crippen molar-refractivity contribution in [1.29, 1.82) is 0 Å². The maximum absolute atomic E-state index is 12.6. The minimum absolute atomic E-state index is 0.0749. The summed E-state index contributed by atoms with van der Waals surface area (Å²) in [6.07, 6.45) is 45.4. The highest BCUT2D eigenvalue weighted by molar-refractivity contribution is 7.47. The highest BCUT2D eigenvalue weighted by atomic mass is 31.2. The van der Waals surface area contributed by atoms with Crippen LogP contribution in [0.2, 0.25) is 0 Å². The lowest BCUT2D eigenvalue weighted by molar-refractivity contribution is -0.870. The molecule has 1 unspecified atom stereocenters. The van der Waals surface area contributed by atoms with E-state index in [1.807, 2.05) is 21.1 Å². The van der Waals surface area contributed by atoms with Crippen LogP contribution < -0.4 is 0 Å². The first-order valence-corrected chi connectivity index (χ1v) is 22.5. The fourth-order valence-corrected chi connectivity index (χ4v) is 5.99. The lowest BCUT2D eigenvalue weighted by Crippen LogP contribution is -2.37. The van der Waals surface area contributed by atoms with E-state index in [2.05, 4.69) is 74.6 Å². The molecule has 1 N–H and O–H groups in total. The quantitative estimate of drug-likeness (QED) is 0.0220. The van der Waals surface area contributed by atoms with Gasteiger partial charge in [-0.15, -0.1) is 0 Å². The highest BCUT2D eigenvalue weighted by Gasteiger charge is 2.26. The third-order valence-corrected chi connectivity index (χ3v) is 9.54. The molecule has 0 radical (unpaired) electrons. The summed E-state index contributed by atoms with van der Waals surface area (Å²) < 4.78 is 34.9. The molecule has 0 aromatic rings. The minimum atomic E-state index is -4.29. The summed E-state index contributed by atoms with van der Waals surface area (Å²) in [5, 5.41) is 0. The van der Waals surface area contributed by atoms with Crippen LogP contribution in [0.15, 0.2) is 60.8 Å². The standard InChI is InChI=1S/C44H80NO7P/c1-6-8-10-12-14-16-18-20-22-23-24-25-27-29-31-33-35-37-44(46)52-43(42-51-53(47,48)50-40-38-45(3,4)5)41-49-39-36-34-32-30-28-26-21-19-17-15-13-11-9-7-2/h14,16-17,19-20,22,24-25,29,31,43H,6-13,15,18,21,23,26-28,30,32-42H2,1-5H3/p+1/b16-14-,19-17-,22-20-,25-24-,31-29-/t43-/m1/s1. The SMILES string of the molecule is CCCCC/C=C\C/C=C\C/C=C\C/C=C\CCCC(=O)O[C@H](COCCCCCCCC/C=C\CCCCCC)COP(=O)(O)OCC[N+](C)(C)C. The number of nitrogens with zero attached hydrogens (tertiary/aromatic N) is 1. The fourth-order valence-electron chi connectivity index (χ4n) is 5.24. The van der Waals surface area contributed by atoms with Crippen LogP contribution in [0.25, 0.3) is 0 Å². The molecule has 0 aliphatic rings. The molecule has 0 bridgehead atoms. The number of hydrogen-bond donors (Lipinski definition) is 1. The predicted octanol–water partition coefficient (Wildman–Crippen LogP) is 12.2. The summed E-state index contributed by atoms with van der Waals surface area (Å²) in [5.41, 5.74) is 0. The molecule has 0 fully saturated rings. The van der Waals surface area contributed by atoms with Crippen molar-refractivity contribution in [2.24, 2.45) is 0 Å². The second-order valence-corrected chi connectivity index (χ2v) is 16.5. The molecule has 0 heterocycles. The van der Waals surface area contributed by atoms with E-state index in [4.69, 9.17) is 18.5 Å². The number of allylic oxidation sites excluding steroid dienone is 10. The number of carbonyl (C=O) groups excluding carboxylic acids is 1. The van der Waals surface area contributed by atoms with Crippen LogP contribution in [0.3, 0.4) is 0 Å². The molecule has 9 heteroatoms. The van der Waals surface area contributed by atoms with Crippen molar-refractivity contribution in [3.8, 4) is 0 Å². The van der Waals surface area contributed by atoms with Gasteiger partial charge in [0.25, 0.3) is 0 Å². The maximum atomic E-state index is 12.6. The second-order valence-electron chi connectivity index (χ2n) is 15.0. The van der Waals surface area contributed by atoms with Crippen molar-refractivity contribution in [2.45, 2.75) is 161 Å². The summed E-state index contributed by atoms with van der Waals surface area (Å²) in [4.78, 5) is 22.8. The van der Waals surface area contributed by atoms with E-state index < -0.39 is 13.9 Å². The number of hydrogen-bond acceptors (Lipinski definition) is 6. The molecular weight excluding hydrogens is 685 g/mol. The summed E-state index contributed by atoms with van der Waals surface area (Å²) in [6.45, 7) is 5.47. The lowest BCUT2D eigenvalue weighted by atomic mass is 10.1. The summed E-state index contributed by atoms with van der Waals surface area (Å²) >= 11 is 0. The van der Waals surface area contributed by atoms with Gasteiger partial charge in [0.05, 0.1) is 34.4 Å². The van der Waals surface area contributed by atoms with Gasteiger partial charge in [-0.25, -0.2) is 4.57 Å². The molecule has 0 aromatic heterocycles. The molecule has 308 valence electrons. The number of ether oxygens (including phenoxy) is 2. The van der Waals surface area contributed by atoms with Gasteiger partial charge in [-0.2, -0.15) is 0 Å². The molecule has 2 atom stereocenters. The van der Waals surface area contributed by atoms with E-state index in [-0.39, 0.29) is 32.2 Å². The molecule has 0 aliphatic carbocycles. The molecule has 0 aromatic carbocycles. The van der Waals surface area contributed by atoms with E-state index in [1.54, 1.807) is 0 Å². The van der Waals surface area contributed by atoms with Gasteiger partial charge < -0.3 is 18.9 Å². The zero-order valence-electron chi connectivity index (χ0n) is 34.7. The van der Waals surface area contributed by atoms with E-state index in [0.717, 1.165) is 38.5 Å². The topological polar surface area (TPSA) is 91.3 Å². The second kappa shape index (κ2) is 37.1. The van der Waals surface area contributed by atoms with Crippen LogP contribution in [-0.2, 0) is 27.9 Å². The number of quaternary nitrogens is 1. The third-order valence-electron chi connectivity index (χ3n) is 8.55. The normalized spacial score (nSPS) is 14.5. The van der Waals surface area contributed by atoms with Gasteiger partial charge in [0.2, 0.25) is 0 Å². The van der Waals surface area contributed by atoms with Crippen LogP contribution in [0.5, 0.6) is 0 Å². The minimum Gasteiger partial charge on any atom is -0.457 e. The Hall–Kier alpha value is -1.80. The Kier molecular flexibility index (Phi) is 35.9. The van der Waals surface area contributed by atoms with Crippen LogP contribution in [0.4, 0.5) is 0 Å². The molecule has 0 amide bonds. The van der Waals surface area contributed by atoms with Crippen molar-refractivity contribution in [3.63, 3.8) is 0 Å². The Balaban J connectivity index is 4.39. The van der Waals surface area contributed by atoms with Gasteiger partial charge >= 0.3 is 13.8 Å². The maximum Gasteiger partial charge on any atom is 0.472 e. The number of esters is 1. The number of phosphoric ester groups is 1. The monoisotopic (exact) mass is 767 g/mol. The Bertz CT molecular complexity index is 1030. The first-order chi connectivity index (χ1) is 25.6. The molecule has 0 saturated carbocycles. The third kappa shape index (κ3) is 41.2. The summed E-state index contributed by atoms with van der Waals surface area (Å²) in [5.74, 6) is -0.372. The van der Waals surface area contributed by atoms with Crippen molar-refractivity contribution in [3.05, 3.63) is 60.8 Å². The van der Waals surface area contributed by atoms with Crippen molar-refractivity contribution < 1.29 is 37.3 Å². The number of unbranched alkanes of at least 4 members (excludes halogenated alkanes) is 14. The van der Waals surface area contributed by atoms with Gasteiger partial charge in [-0.3, -0.25) is 13.8 Å². The average Bonchev–Trinajstić information content (AvgIpc) is 3.11. The lowest BCUT2D eigenvalue weighted by Gasteiger charge is -2.24. The fraction of sp³-hybridized carbons (Fsp3) is 0.750. The molecule has 8 nitrogen and oxygen atoms in total. The molecule has 0 spiro atoms. The first kappa shape index (κ1) is 51.2. The van der Waals surface area contributed by atoms with Gasteiger partial charge in [-0.1, -0.05) is 132 Å². The Morgan fingerprint density at radius 3 is 1.60 bits per heavy atom. The van der Waals surface area contributed by atoms with E-state index >= 15 is 0 Å². The van der Waals surface area contributed by atoms with Crippen molar-refractivity contribution in [2.75, 3.05) is 54.1 Å². The number of rotatable bonds is 38. The molecule has 0 rings (SSSR count). The number of carbonyl (C=O) groups is 1. The molecule has 0 aliphatic heterocycles. The summed E-state index contributed by atoms with van der Waals surface area (Å²) in [6, 6.07) is 0.